The number of carbonyl (C=O) groups is 1. The number of ether oxygens (including phenoxy) is 2. The SMILES string of the molecule is Cc1ccc(N=C(C=C(N)C2(C)COC2)NC(=O)Nc2ncc(CCN3CCOCC3)s2)cc1. The van der Waals surface area contributed by atoms with Gasteiger partial charge in [0.15, 0.2) is 5.13 Å². The number of nitrogens with one attached hydrogen (secondary N) is 2. The molecule has 10 heteroatoms. The molecule has 2 aliphatic rings. The topological polar surface area (TPSA) is 114 Å². The van der Waals surface area contributed by atoms with Crippen molar-refractivity contribution in [1.82, 2.24) is 15.2 Å². The predicted molar refractivity (Wildman–Crippen MR) is 135 cm³/mol. The van der Waals surface area contributed by atoms with Crippen molar-refractivity contribution in [3.8, 4) is 0 Å². The van der Waals surface area contributed by atoms with Crippen molar-refractivity contribution in [2.45, 2.75) is 20.3 Å². The van der Waals surface area contributed by atoms with Crippen LogP contribution in [-0.2, 0) is 15.9 Å². The highest BCUT2D eigenvalue weighted by molar-refractivity contribution is 7.15. The van der Waals surface area contributed by atoms with Crippen LogP contribution in [0.4, 0.5) is 15.6 Å². The molecule has 2 aromatic rings. The molecule has 1 aromatic heterocycles. The smallest absolute Gasteiger partial charge is 0.326 e. The van der Waals surface area contributed by atoms with E-state index in [4.69, 9.17) is 15.2 Å². The number of urea groups is 1. The second kappa shape index (κ2) is 11.1. The lowest BCUT2D eigenvalue weighted by molar-refractivity contribution is -0.0784. The van der Waals surface area contributed by atoms with E-state index in [9.17, 15) is 4.79 Å². The van der Waals surface area contributed by atoms with E-state index in [0.717, 1.165) is 55.4 Å². The maximum absolute atomic E-state index is 12.7. The number of hydrogen-bond acceptors (Lipinski definition) is 8. The Bertz CT molecular complexity index is 1040. The monoisotopic (exact) mass is 484 g/mol. The van der Waals surface area contributed by atoms with Crippen LogP contribution < -0.4 is 16.4 Å². The van der Waals surface area contributed by atoms with Gasteiger partial charge in [-0.15, -0.1) is 11.3 Å². The number of aryl methyl sites for hydroxylation is 1. The van der Waals surface area contributed by atoms with E-state index in [1.807, 2.05) is 44.3 Å². The number of hydrogen-bond donors (Lipinski definition) is 3. The zero-order chi connectivity index (χ0) is 24.0. The van der Waals surface area contributed by atoms with Crippen molar-refractivity contribution in [2.24, 2.45) is 16.1 Å². The molecule has 0 spiro atoms. The Kier molecular flexibility index (Phi) is 7.94. The van der Waals surface area contributed by atoms with Crippen molar-refractivity contribution in [3.63, 3.8) is 0 Å². The number of morpholine rings is 1. The Labute approximate surface area is 204 Å². The molecule has 9 nitrogen and oxygen atoms in total. The third-order valence-electron chi connectivity index (χ3n) is 5.91. The van der Waals surface area contributed by atoms with Gasteiger partial charge in [0.05, 0.1) is 37.5 Å². The van der Waals surface area contributed by atoms with Crippen LogP contribution >= 0.6 is 11.3 Å². The molecule has 1 aromatic carbocycles. The molecule has 2 amide bonds. The van der Waals surface area contributed by atoms with Crippen LogP contribution in [0, 0.1) is 12.3 Å². The molecule has 2 aliphatic heterocycles. The first kappa shape index (κ1) is 24.3. The summed E-state index contributed by atoms with van der Waals surface area (Å²) in [5.74, 6) is 0.357. The number of rotatable bonds is 7. The number of aromatic nitrogens is 1. The number of aliphatic imine (C=N–C) groups is 1. The molecule has 182 valence electrons. The van der Waals surface area contributed by atoms with Gasteiger partial charge >= 0.3 is 6.03 Å². The maximum atomic E-state index is 12.7. The Morgan fingerprint density at radius 3 is 2.68 bits per heavy atom. The van der Waals surface area contributed by atoms with Crippen LogP contribution in [0.3, 0.4) is 0 Å². The lowest BCUT2D eigenvalue weighted by Crippen LogP contribution is -2.45. The zero-order valence-corrected chi connectivity index (χ0v) is 20.5. The van der Waals surface area contributed by atoms with Crippen LogP contribution in [-0.4, -0.2) is 67.8 Å². The Hall–Kier alpha value is -2.79. The quantitative estimate of drug-likeness (QED) is 0.411. The van der Waals surface area contributed by atoms with Gasteiger partial charge in [0.2, 0.25) is 0 Å². The van der Waals surface area contributed by atoms with Crippen molar-refractivity contribution in [3.05, 3.63) is 52.7 Å². The number of nitrogens with two attached hydrogens (primary N) is 1. The van der Waals surface area contributed by atoms with Gasteiger partial charge in [-0.05, 0) is 32.4 Å². The summed E-state index contributed by atoms with van der Waals surface area (Å²) in [5, 5.41) is 6.18. The minimum atomic E-state index is -0.418. The first-order chi connectivity index (χ1) is 16.4. The molecule has 4 rings (SSSR count). The third-order valence-corrected chi connectivity index (χ3v) is 6.88. The maximum Gasteiger partial charge on any atom is 0.326 e. The number of benzene rings is 1. The van der Waals surface area contributed by atoms with Gasteiger partial charge < -0.3 is 15.2 Å². The Morgan fingerprint density at radius 1 is 1.26 bits per heavy atom. The number of amides is 2. The van der Waals surface area contributed by atoms with Gasteiger partial charge in [0.1, 0.15) is 5.84 Å². The number of amidine groups is 1. The largest absolute Gasteiger partial charge is 0.401 e. The van der Waals surface area contributed by atoms with Crippen molar-refractivity contribution in [1.29, 1.82) is 0 Å². The van der Waals surface area contributed by atoms with E-state index in [1.54, 1.807) is 6.08 Å². The second-order valence-corrected chi connectivity index (χ2v) is 10.0. The summed E-state index contributed by atoms with van der Waals surface area (Å²) in [5.41, 5.74) is 8.54. The number of carbonyl (C=O) groups excluding carboxylic acids is 1. The number of anilines is 1. The fraction of sp³-hybridized carbons (Fsp3) is 0.458. The molecule has 0 aliphatic carbocycles. The third kappa shape index (κ3) is 6.63. The Balaban J connectivity index is 1.39. The average Bonchev–Trinajstić information content (AvgIpc) is 3.25. The van der Waals surface area contributed by atoms with Crippen molar-refractivity contribution in [2.75, 3.05) is 51.4 Å². The van der Waals surface area contributed by atoms with Crippen LogP contribution in [0.2, 0.25) is 0 Å². The lowest BCUT2D eigenvalue weighted by atomic mass is 9.85. The van der Waals surface area contributed by atoms with Crippen molar-refractivity contribution < 1.29 is 14.3 Å². The van der Waals surface area contributed by atoms with Crippen LogP contribution in [0.1, 0.15) is 17.4 Å². The molecule has 2 saturated heterocycles. The minimum Gasteiger partial charge on any atom is -0.401 e. The second-order valence-electron chi connectivity index (χ2n) is 8.90. The molecule has 2 fully saturated rings. The van der Waals surface area contributed by atoms with Crippen LogP contribution in [0.25, 0.3) is 0 Å². The van der Waals surface area contributed by atoms with Gasteiger partial charge in [-0.3, -0.25) is 15.5 Å². The summed E-state index contributed by atoms with van der Waals surface area (Å²) in [6.45, 7) is 9.57. The van der Waals surface area contributed by atoms with Gasteiger partial charge in [0.25, 0.3) is 0 Å². The summed E-state index contributed by atoms with van der Waals surface area (Å²) in [6, 6.07) is 7.32. The minimum absolute atomic E-state index is 0.253. The highest BCUT2D eigenvalue weighted by Crippen LogP contribution is 2.32. The first-order valence-electron chi connectivity index (χ1n) is 11.4. The van der Waals surface area contributed by atoms with E-state index < -0.39 is 6.03 Å². The summed E-state index contributed by atoms with van der Waals surface area (Å²) in [6.07, 6.45) is 4.41. The zero-order valence-electron chi connectivity index (χ0n) is 19.7. The van der Waals surface area contributed by atoms with Crippen molar-refractivity contribution >= 4 is 34.0 Å². The first-order valence-corrected chi connectivity index (χ1v) is 12.2. The fourth-order valence-corrected chi connectivity index (χ4v) is 4.37. The molecule has 0 atom stereocenters. The van der Waals surface area contributed by atoms with Gasteiger partial charge in [-0.1, -0.05) is 17.7 Å². The van der Waals surface area contributed by atoms with E-state index in [0.29, 0.717) is 29.9 Å². The van der Waals surface area contributed by atoms with E-state index in [1.165, 1.54) is 11.3 Å². The molecular weight excluding hydrogens is 452 g/mol. The van der Waals surface area contributed by atoms with Crippen LogP contribution in [0.15, 0.2) is 47.2 Å². The molecular formula is C24H32N6O3S. The summed E-state index contributed by atoms with van der Waals surface area (Å²) < 4.78 is 10.7. The molecule has 0 bridgehead atoms. The lowest BCUT2D eigenvalue weighted by Gasteiger charge is -2.38. The average molecular weight is 485 g/mol. The molecule has 0 radical (unpaired) electrons. The summed E-state index contributed by atoms with van der Waals surface area (Å²) in [4.78, 5) is 25.2. The van der Waals surface area contributed by atoms with Crippen LogP contribution in [0.5, 0.6) is 0 Å². The Morgan fingerprint density at radius 2 is 2.00 bits per heavy atom. The van der Waals surface area contributed by atoms with Gasteiger partial charge in [-0.2, -0.15) is 0 Å². The summed E-state index contributed by atoms with van der Waals surface area (Å²) >= 11 is 1.48. The standard InChI is InChI=1S/C24H32N6O3S/c1-17-3-5-18(6-4-17)27-21(13-20(25)24(2)15-33-16-24)28-22(31)29-23-26-14-19(34-23)7-8-30-9-11-32-12-10-30/h3-6,13-14H,7-12,15-16,25H2,1-2H3,(H2,26,27,28,29,31). The van der Waals surface area contributed by atoms with E-state index in [2.05, 4.69) is 25.5 Å². The summed E-state index contributed by atoms with van der Waals surface area (Å²) in [7, 11) is 0. The van der Waals surface area contributed by atoms with Gasteiger partial charge in [0, 0.05) is 42.5 Å². The molecule has 0 saturated carbocycles. The normalized spacial score (nSPS) is 18.9. The molecule has 0 unspecified atom stereocenters. The number of thiazole rings is 1. The molecule has 4 N–H and O–H groups in total. The highest BCUT2D eigenvalue weighted by Gasteiger charge is 2.36. The highest BCUT2D eigenvalue weighted by atomic mass is 32.1. The number of nitrogens with zero attached hydrogens (tertiary/aromatic N) is 3. The molecule has 34 heavy (non-hydrogen) atoms. The molecule has 3 heterocycles. The predicted octanol–water partition coefficient (Wildman–Crippen LogP) is 3.06. The van der Waals surface area contributed by atoms with Gasteiger partial charge in [-0.25, -0.2) is 14.8 Å². The van der Waals surface area contributed by atoms with E-state index >= 15 is 0 Å². The fourth-order valence-electron chi connectivity index (χ4n) is 3.57. The van der Waals surface area contributed by atoms with E-state index in [-0.39, 0.29) is 5.41 Å².